The fourth-order valence-electron chi connectivity index (χ4n) is 3.96. The van der Waals surface area contributed by atoms with Gasteiger partial charge >= 0.3 is 6.03 Å². The Morgan fingerprint density at radius 1 is 0.879 bits per heavy atom. The summed E-state index contributed by atoms with van der Waals surface area (Å²) in [6, 6.07) is 19.9. The van der Waals surface area contributed by atoms with Crippen molar-refractivity contribution < 1.29 is 13.2 Å². The highest BCUT2D eigenvalue weighted by atomic mass is 32.2. The normalized spacial score (nSPS) is 14.5. The fraction of sp³-hybridized carbons (Fsp3) is 0.269. The van der Waals surface area contributed by atoms with E-state index in [1.807, 2.05) is 17.9 Å². The van der Waals surface area contributed by atoms with Gasteiger partial charge in [-0.25, -0.2) is 13.2 Å². The van der Waals surface area contributed by atoms with E-state index in [1.165, 1.54) is 11.1 Å². The van der Waals surface area contributed by atoms with E-state index < -0.39 is 10.0 Å². The first-order valence-electron chi connectivity index (χ1n) is 11.0. The molecule has 0 unspecified atom stereocenters. The Kier molecular flexibility index (Phi) is 6.42. The van der Waals surface area contributed by atoms with Gasteiger partial charge in [-0.3, -0.25) is 9.62 Å². The summed E-state index contributed by atoms with van der Waals surface area (Å²) >= 11 is 0. The predicted molar refractivity (Wildman–Crippen MR) is 132 cm³/mol. The summed E-state index contributed by atoms with van der Waals surface area (Å²) in [6.45, 7) is 7.90. The average Bonchev–Trinajstić information content (AvgIpc) is 2.78. The van der Waals surface area contributed by atoms with E-state index in [2.05, 4.69) is 36.8 Å². The number of sulfonamides is 1. The second kappa shape index (κ2) is 9.27. The number of aryl methyl sites for hydroxylation is 3. The molecule has 0 atom stereocenters. The third-order valence-corrected chi connectivity index (χ3v) is 7.39. The van der Waals surface area contributed by atoms with Crippen LogP contribution in [-0.2, 0) is 16.6 Å². The zero-order valence-electron chi connectivity index (χ0n) is 19.2. The van der Waals surface area contributed by atoms with Crippen LogP contribution in [0.3, 0.4) is 0 Å². The molecular formula is C26H29N3O3S. The lowest BCUT2D eigenvalue weighted by atomic mass is 10.1. The Hall–Kier alpha value is -3.32. The largest absolute Gasteiger partial charge is 0.324 e. The lowest BCUT2D eigenvalue weighted by Crippen LogP contribution is -2.49. The quantitative estimate of drug-likeness (QED) is 0.543. The van der Waals surface area contributed by atoms with Gasteiger partial charge < -0.3 is 4.90 Å². The van der Waals surface area contributed by atoms with E-state index in [0.717, 1.165) is 17.5 Å². The van der Waals surface area contributed by atoms with Crippen LogP contribution in [0.15, 0.2) is 71.6 Å². The molecule has 1 aliphatic rings. The molecule has 1 heterocycles. The Labute approximate surface area is 195 Å². The van der Waals surface area contributed by atoms with Crippen molar-refractivity contribution in [2.24, 2.45) is 0 Å². The number of hydrogen-bond donors (Lipinski definition) is 1. The molecule has 1 aliphatic heterocycles. The SMILES string of the molecule is Cc1ccc(S(=O)(=O)Nc2cccc(N3CCCN(Cc4ccc(C)c(C)c4)C3=O)c2)cc1. The molecule has 0 aromatic heterocycles. The van der Waals surface area contributed by atoms with E-state index in [4.69, 9.17) is 0 Å². The van der Waals surface area contributed by atoms with Crippen molar-refractivity contribution in [1.82, 2.24) is 4.90 Å². The first-order chi connectivity index (χ1) is 15.7. The van der Waals surface area contributed by atoms with Gasteiger partial charge in [-0.1, -0.05) is 42.0 Å². The summed E-state index contributed by atoms with van der Waals surface area (Å²) in [5.74, 6) is 0. The van der Waals surface area contributed by atoms with Crippen LogP contribution < -0.4 is 9.62 Å². The molecule has 3 aromatic carbocycles. The minimum absolute atomic E-state index is 0.0713. The first-order valence-corrected chi connectivity index (χ1v) is 12.5. The number of hydrogen-bond acceptors (Lipinski definition) is 3. The van der Waals surface area contributed by atoms with Crippen molar-refractivity contribution in [3.05, 3.63) is 89.0 Å². The molecule has 2 amide bonds. The van der Waals surface area contributed by atoms with Crippen LogP contribution in [-0.4, -0.2) is 32.4 Å². The summed E-state index contributed by atoms with van der Waals surface area (Å²) in [4.78, 5) is 17.0. The number of amides is 2. The van der Waals surface area contributed by atoms with Gasteiger partial charge in [0.25, 0.3) is 10.0 Å². The van der Waals surface area contributed by atoms with E-state index in [0.29, 0.717) is 31.0 Å². The predicted octanol–water partition coefficient (Wildman–Crippen LogP) is 5.24. The second-order valence-corrected chi connectivity index (χ2v) is 10.3. The lowest BCUT2D eigenvalue weighted by molar-refractivity contribution is 0.192. The van der Waals surface area contributed by atoms with Crippen molar-refractivity contribution in [3.63, 3.8) is 0 Å². The van der Waals surface area contributed by atoms with Crippen LogP contribution in [0.5, 0.6) is 0 Å². The van der Waals surface area contributed by atoms with Crippen molar-refractivity contribution >= 4 is 27.4 Å². The van der Waals surface area contributed by atoms with Gasteiger partial charge in [-0.15, -0.1) is 0 Å². The summed E-state index contributed by atoms with van der Waals surface area (Å²) in [5.41, 5.74) is 5.64. The van der Waals surface area contributed by atoms with Crippen LogP contribution in [0, 0.1) is 20.8 Å². The van der Waals surface area contributed by atoms with Gasteiger partial charge in [0.15, 0.2) is 0 Å². The maximum atomic E-state index is 13.2. The molecule has 6 nitrogen and oxygen atoms in total. The second-order valence-electron chi connectivity index (χ2n) is 8.60. The Balaban J connectivity index is 1.51. The van der Waals surface area contributed by atoms with Gasteiger partial charge in [0.2, 0.25) is 0 Å². The number of benzene rings is 3. The maximum Gasteiger partial charge on any atom is 0.324 e. The molecule has 0 saturated carbocycles. The third-order valence-electron chi connectivity index (χ3n) is 6.00. The van der Waals surface area contributed by atoms with E-state index in [1.54, 1.807) is 47.4 Å². The van der Waals surface area contributed by atoms with Crippen molar-refractivity contribution in [2.75, 3.05) is 22.7 Å². The fourth-order valence-corrected chi connectivity index (χ4v) is 5.01. The summed E-state index contributed by atoms with van der Waals surface area (Å²) < 4.78 is 28.2. The number of carbonyl (C=O) groups excluding carboxylic acids is 1. The topological polar surface area (TPSA) is 69.7 Å². The molecule has 1 fully saturated rings. The molecule has 172 valence electrons. The monoisotopic (exact) mass is 463 g/mol. The lowest BCUT2D eigenvalue weighted by Gasteiger charge is -2.36. The van der Waals surface area contributed by atoms with Crippen molar-refractivity contribution in [1.29, 1.82) is 0 Å². The van der Waals surface area contributed by atoms with Crippen molar-refractivity contribution in [2.45, 2.75) is 38.6 Å². The van der Waals surface area contributed by atoms with Crippen LogP contribution >= 0.6 is 0 Å². The number of anilines is 2. The summed E-state index contributed by atoms with van der Waals surface area (Å²) in [6.07, 6.45) is 0.843. The van der Waals surface area contributed by atoms with Gasteiger partial charge in [-0.2, -0.15) is 0 Å². The molecule has 1 N–H and O–H groups in total. The number of rotatable bonds is 6. The van der Waals surface area contributed by atoms with Crippen LogP contribution in [0.1, 0.15) is 28.7 Å². The minimum atomic E-state index is -3.71. The number of nitrogens with zero attached hydrogens (tertiary/aromatic N) is 2. The van der Waals surface area contributed by atoms with Crippen LogP contribution in [0.2, 0.25) is 0 Å². The van der Waals surface area contributed by atoms with Gasteiger partial charge in [0.1, 0.15) is 0 Å². The highest BCUT2D eigenvalue weighted by molar-refractivity contribution is 7.92. The molecular weight excluding hydrogens is 434 g/mol. The molecule has 1 saturated heterocycles. The summed E-state index contributed by atoms with van der Waals surface area (Å²) in [7, 11) is -3.71. The number of urea groups is 1. The van der Waals surface area contributed by atoms with Gasteiger partial charge in [0, 0.05) is 25.3 Å². The highest BCUT2D eigenvalue weighted by Crippen LogP contribution is 2.26. The molecule has 33 heavy (non-hydrogen) atoms. The molecule has 3 aromatic rings. The Bertz CT molecular complexity index is 1270. The molecule has 0 bridgehead atoms. The first kappa shape index (κ1) is 22.9. The third kappa shape index (κ3) is 5.20. The maximum absolute atomic E-state index is 13.2. The Morgan fingerprint density at radius 2 is 1.64 bits per heavy atom. The van der Waals surface area contributed by atoms with E-state index in [9.17, 15) is 13.2 Å². The molecule has 4 rings (SSSR count). The highest BCUT2D eigenvalue weighted by Gasteiger charge is 2.27. The smallest absolute Gasteiger partial charge is 0.320 e. The number of carbonyl (C=O) groups is 1. The molecule has 0 aliphatic carbocycles. The standard InChI is InChI=1S/C26H29N3O3S/c1-19-8-12-25(13-9-19)33(31,32)27-23-6-4-7-24(17-23)29-15-5-14-28(26(29)30)18-22-11-10-20(2)21(3)16-22/h4,6-13,16-17,27H,5,14-15,18H2,1-3H3. The summed E-state index contributed by atoms with van der Waals surface area (Å²) in [5, 5.41) is 0. The van der Waals surface area contributed by atoms with Crippen LogP contribution in [0.25, 0.3) is 0 Å². The van der Waals surface area contributed by atoms with Gasteiger partial charge in [0.05, 0.1) is 10.6 Å². The molecule has 7 heteroatoms. The Morgan fingerprint density at radius 3 is 2.36 bits per heavy atom. The molecule has 0 radical (unpaired) electrons. The average molecular weight is 464 g/mol. The van der Waals surface area contributed by atoms with Crippen LogP contribution in [0.4, 0.5) is 16.2 Å². The van der Waals surface area contributed by atoms with Crippen molar-refractivity contribution in [3.8, 4) is 0 Å². The van der Waals surface area contributed by atoms with E-state index >= 15 is 0 Å². The zero-order chi connectivity index (χ0) is 23.6. The van der Waals surface area contributed by atoms with Gasteiger partial charge in [-0.05, 0) is 74.2 Å². The zero-order valence-corrected chi connectivity index (χ0v) is 20.0. The minimum Gasteiger partial charge on any atom is -0.320 e. The van der Waals surface area contributed by atoms with E-state index in [-0.39, 0.29) is 10.9 Å². The molecule has 0 spiro atoms. The number of nitrogens with one attached hydrogen (secondary N) is 1.